The van der Waals surface area contributed by atoms with Crippen LogP contribution in [0.25, 0.3) is 22.3 Å². The fourth-order valence-corrected chi connectivity index (χ4v) is 4.85. The number of hydrogen-bond donors (Lipinski definition) is 0. The van der Waals surface area contributed by atoms with Crippen molar-refractivity contribution in [1.29, 1.82) is 0 Å². The third kappa shape index (κ3) is 2.26. The highest BCUT2D eigenvalue weighted by molar-refractivity contribution is 9.10. The van der Waals surface area contributed by atoms with Crippen LogP contribution in [0.5, 0.6) is 0 Å². The first-order valence-electron chi connectivity index (χ1n) is 8.67. The predicted molar refractivity (Wildman–Crippen MR) is 109 cm³/mol. The Bertz CT molecular complexity index is 1030. The van der Waals surface area contributed by atoms with E-state index in [9.17, 15) is 0 Å². The normalized spacial score (nSPS) is 19.9. The molecule has 2 atom stereocenters. The molecule has 0 amide bonds. The van der Waals surface area contributed by atoms with E-state index in [1.165, 1.54) is 33.4 Å². The Balaban J connectivity index is 1.95. The van der Waals surface area contributed by atoms with Crippen molar-refractivity contribution >= 4 is 15.9 Å². The second-order valence-electron chi connectivity index (χ2n) is 6.66. The highest BCUT2D eigenvalue weighted by Gasteiger charge is 2.30. The van der Waals surface area contributed by atoms with Gasteiger partial charge < -0.3 is 0 Å². The highest BCUT2D eigenvalue weighted by Crippen LogP contribution is 2.50. The zero-order valence-electron chi connectivity index (χ0n) is 13.7. The predicted octanol–water partition coefficient (Wildman–Crippen LogP) is 7.09. The molecule has 5 rings (SSSR count). The molecule has 2 aliphatic rings. The first-order valence-corrected chi connectivity index (χ1v) is 9.46. The molecule has 25 heavy (non-hydrogen) atoms. The van der Waals surface area contributed by atoms with Crippen LogP contribution in [0, 0.1) is 0 Å². The van der Waals surface area contributed by atoms with Crippen molar-refractivity contribution in [2.45, 2.75) is 11.8 Å². The molecule has 0 saturated carbocycles. The molecule has 120 valence electrons. The van der Waals surface area contributed by atoms with Crippen LogP contribution in [0.2, 0.25) is 0 Å². The van der Waals surface area contributed by atoms with Gasteiger partial charge in [0.25, 0.3) is 0 Å². The van der Waals surface area contributed by atoms with E-state index in [1.54, 1.807) is 0 Å². The second-order valence-corrected chi connectivity index (χ2v) is 7.51. The van der Waals surface area contributed by atoms with Gasteiger partial charge in [0.1, 0.15) is 0 Å². The highest BCUT2D eigenvalue weighted by atomic mass is 79.9. The van der Waals surface area contributed by atoms with E-state index in [2.05, 4.69) is 107 Å². The van der Waals surface area contributed by atoms with Crippen molar-refractivity contribution in [1.82, 2.24) is 0 Å². The standard InChI is InChI=1S/C24H17Br/c25-23-15-7-14-22-20-11-4-3-10-18(20)16-8-1-2-9-17(16)19-12-5-6-13-21(19)24(22)23/h1-17H. The van der Waals surface area contributed by atoms with Crippen LogP contribution in [0.15, 0.2) is 95.5 Å². The molecular weight excluding hydrogens is 368 g/mol. The van der Waals surface area contributed by atoms with Crippen LogP contribution in [0.4, 0.5) is 0 Å². The quantitative estimate of drug-likeness (QED) is 0.388. The van der Waals surface area contributed by atoms with E-state index >= 15 is 0 Å². The van der Waals surface area contributed by atoms with E-state index in [4.69, 9.17) is 0 Å². The van der Waals surface area contributed by atoms with Crippen molar-refractivity contribution in [3.63, 3.8) is 0 Å². The summed E-state index contributed by atoms with van der Waals surface area (Å²) < 4.78 is 1.15. The third-order valence-corrected chi connectivity index (χ3v) is 6.01. The third-order valence-electron chi connectivity index (χ3n) is 5.35. The van der Waals surface area contributed by atoms with E-state index < -0.39 is 0 Å². The molecule has 0 spiro atoms. The topological polar surface area (TPSA) is 0 Å². The van der Waals surface area contributed by atoms with Crippen LogP contribution >= 0.6 is 15.9 Å². The van der Waals surface area contributed by atoms with Gasteiger partial charge in [-0.15, -0.1) is 0 Å². The molecule has 0 N–H and O–H groups in total. The molecule has 0 bridgehead atoms. The number of hydrogen-bond acceptors (Lipinski definition) is 0. The van der Waals surface area contributed by atoms with Gasteiger partial charge in [-0.25, -0.2) is 0 Å². The zero-order valence-corrected chi connectivity index (χ0v) is 15.3. The Morgan fingerprint density at radius 1 is 0.560 bits per heavy atom. The lowest BCUT2D eigenvalue weighted by Gasteiger charge is -2.32. The lowest BCUT2D eigenvalue weighted by atomic mass is 9.72. The van der Waals surface area contributed by atoms with Crippen LogP contribution in [-0.4, -0.2) is 0 Å². The smallest absolute Gasteiger partial charge is 0.0260 e. The monoisotopic (exact) mass is 384 g/mol. The molecule has 0 heterocycles. The summed E-state index contributed by atoms with van der Waals surface area (Å²) >= 11 is 3.82. The maximum Gasteiger partial charge on any atom is 0.0260 e. The van der Waals surface area contributed by atoms with Gasteiger partial charge in [-0.2, -0.15) is 0 Å². The number of allylic oxidation sites excluding steroid dienone is 4. The number of halogens is 1. The average Bonchev–Trinajstić information content (AvgIpc) is 2.67. The Morgan fingerprint density at radius 3 is 1.84 bits per heavy atom. The van der Waals surface area contributed by atoms with Crippen molar-refractivity contribution in [2.24, 2.45) is 0 Å². The summed E-state index contributed by atoms with van der Waals surface area (Å²) in [5.74, 6) is 0.733. The molecule has 3 aromatic rings. The molecule has 0 aliphatic heterocycles. The fraction of sp³-hybridized carbons (Fsp3) is 0.0833. The Labute approximate surface area is 156 Å². The van der Waals surface area contributed by atoms with E-state index in [1.807, 2.05) is 0 Å². The summed E-state index contributed by atoms with van der Waals surface area (Å²) in [6.07, 6.45) is 9.07. The maximum atomic E-state index is 3.82. The minimum atomic E-state index is 0.364. The van der Waals surface area contributed by atoms with Crippen LogP contribution in [0.1, 0.15) is 23.0 Å². The summed E-state index contributed by atoms with van der Waals surface area (Å²) in [4.78, 5) is 0. The lowest BCUT2D eigenvalue weighted by molar-refractivity contribution is 0.731. The molecule has 0 nitrogen and oxygen atoms in total. The van der Waals surface area contributed by atoms with Gasteiger partial charge in [0.2, 0.25) is 0 Å². The zero-order chi connectivity index (χ0) is 16.8. The van der Waals surface area contributed by atoms with Gasteiger partial charge in [-0.1, -0.05) is 101 Å². The van der Waals surface area contributed by atoms with Gasteiger partial charge in [0.15, 0.2) is 0 Å². The lowest BCUT2D eigenvalue weighted by Crippen LogP contribution is -2.14. The van der Waals surface area contributed by atoms with Crippen LogP contribution < -0.4 is 0 Å². The molecule has 0 aromatic heterocycles. The first-order chi connectivity index (χ1) is 12.3. The minimum absolute atomic E-state index is 0.364. The summed E-state index contributed by atoms with van der Waals surface area (Å²) in [7, 11) is 0. The van der Waals surface area contributed by atoms with Gasteiger partial charge >= 0.3 is 0 Å². The summed E-state index contributed by atoms with van der Waals surface area (Å²) in [6.45, 7) is 0. The Morgan fingerprint density at radius 2 is 1.12 bits per heavy atom. The largest absolute Gasteiger partial charge is 0.0761 e. The summed E-state index contributed by atoms with van der Waals surface area (Å²) in [5, 5.41) is 0. The molecular formula is C24H17Br. The van der Waals surface area contributed by atoms with Gasteiger partial charge in [0, 0.05) is 21.9 Å². The van der Waals surface area contributed by atoms with Gasteiger partial charge in [0.05, 0.1) is 0 Å². The van der Waals surface area contributed by atoms with E-state index in [0.717, 1.165) is 4.47 Å². The minimum Gasteiger partial charge on any atom is -0.0761 e. The van der Waals surface area contributed by atoms with Gasteiger partial charge in [-0.05, 0) is 33.9 Å². The first kappa shape index (κ1) is 14.9. The molecule has 2 aliphatic carbocycles. The Kier molecular flexibility index (Phi) is 3.50. The second kappa shape index (κ2) is 5.86. The molecule has 0 radical (unpaired) electrons. The fourth-order valence-electron chi connectivity index (χ4n) is 4.27. The number of fused-ring (bicyclic) bond motifs is 8. The van der Waals surface area contributed by atoms with Crippen molar-refractivity contribution in [2.75, 3.05) is 0 Å². The van der Waals surface area contributed by atoms with E-state index in [0.29, 0.717) is 11.8 Å². The van der Waals surface area contributed by atoms with Crippen molar-refractivity contribution in [3.05, 3.63) is 107 Å². The van der Waals surface area contributed by atoms with Crippen molar-refractivity contribution < 1.29 is 0 Å². The van der Waals surface area contributed by atoms with Crippen LogP contribution in [-0.2, 0) is 0 Å². The summed E-state index contributed by atoms with van der Waals surface area (Å²) in [6, 6.07) is 24.2. The van der Waals surface area contributed by atoms with Crippen LogP contribution in [0.3, 0.4) is 0 Å². The maximum absolute atomic E-state index is 3.82. The van der Waals surface area contributed by atoms with E-state index in [-0.39, 0.29) is 0 Å². The molecule has 2 unspecified atom stereocenters. The van der Waals surface area contributed by atoms with Crippen molar-refractivity contribution in [3.8, 4) is 22.3 Å². The number of benzene rings is 3. The molecule has 1 heteroatoms. The SMILES string of the molecule is Brc1cccc2c1-c1ccccc1C1C=CC=CC1c1ccccc1-2. The molecule has 3 aromatic carbocycles. The molecule has 0 saturated heterocycles. The summed E-state index contributed by atoms with van der Waals surface area (Å²) in [5.41, 5.74) is 8.07. The average molecular weight is 385 g/mol. The number of rotatable bonds is 0. The Hall–Kier alpha value is -2.38. The van der Waals surface area contributed by atoms with Gasteiger partial charge in [-0.3, -0.25) is 0 Å². The molecule has 0 fully saturated rings.